The number of nitrogens with one attached hydrogen (secondary N) is 1. The van der Waals surface area contributed by atoms with Gasteiger partial charge in [-0.3, -0.25) is 4.79 Å². The fourth-order valence-corrected chi connectivity index (χ4v) is 1.96. The molecule has 0 bridgehead atoms. The molecular weight excluding hydrogens is 259 g/mol. The Morgan fingerprint density at radius 1 is 1.10 bits per heavy atom. The van der Waals surface area contributed by atoms with Crippen molar-refractivity contribution in [2.24, 2.45) is 0 Å². The number of carbonyl (C=O) groups is 1. The Bertz CT molecular complexity index is 778. The summed E-state index contributed by atoms with van der Waals surface area (Å²) in [4.78, 5) is 12.1. The molecule has 0 spiro atoms. The van der Waals surface area contributed by atoms with Gasteiger partial charge in [0.05, 0.1) is 5.69 Å². The molecule has 0 unspecified atom stereocenters. The number of amides is 1. The van der Waals surface area contributed by atoms with Gasteiger partial charge in [0.25, 0.3) is 5.91 Å². The van der Waals surface area contributed by atoms with E-state index in [-0.39, 0.29) is 11.6 Å². The summed E-state index contributed by atoms with van der Waals surface area (Å²) < 4.78 is 18.2. The minimum atomic E-state index is -0.467. The van der Waals surface area contributed by atoms with Crippen LogP contribution in [0.1, 0.15) is 10.6 Å². The zero-order valence-electron chi connectivity index (χ0n) is 10.4. The predicted molar refractivity (Wildman–Crippen MR) is 75.0 cm³/mol. The fraction of sp³-hybridized carbons (Fsp3) is 0. The molecule has 0 radical (unpaired) electrons. The number of nitrogens with two attached hydrogens (primary N) is 1. The third-order valence-corrected chi connectivity index (χ3v) is 2.94. The third-order valence-electron chi connectivity index (χ3n) is 2.94. The molecule has 0 fully saturated rings. The van der Waals surface area contributed by atoms with E-state index in [0.29, 0.717) is 22.3 Å². The Labute approximate surface area is 114 Å². The maximum atomic E-state index is 12.8. The van der Waals surface area contributed by atoms with Crippen molar-refractivity contribution in [3.8, 4) is 0 Å². The van der Waals surface area contributed by atoms with E-state index in [2.05, 4.69) is 5.32 Å². The second-order valence-electron chi connectivity index (χ2n) is 4.30. The molecule has 1 heterocycles. The monoisotopic (exact) mass is 270 g/mol. The van der Waals surface area contributed by atoms with Crippen LogP contribution >= 0.6 is 0 Å². The van der Waals surface area contributed by atoms with E-state index in [1.54, 1.807) is 18.2 Å². The Morgan fingerprint density at radius 2 is 1.80 bits per heavy atom. The number of carbonyl (C=O) groups excluding carboxylic acids is 1. The Balaban J connectivity index is 1.92. The van der Waals surface area contributed by atoms with Gasteiger partial charge in [0, 0.05) is 11.1 Å². The lowest BCUT2D eigenvalue weighted by Crippen LogP contribution is -2.12. The molecule has 0 saturated heterocycles. The lowest BCUT2D eigenvalue weighted by Gasteiger charge is -2.03. The van der Waals surface area contributed by atoms with Gasteiger partial charge in [-0.05, 0) is 36.4 Å². The van der Waals surface area contributed by atoms with E-state index in [1.807, 2.05) is 6.07 Å². The Kier molecular flexibility index (Phi) is 2.87. The summed E-state index contributed by atoms with van der Waals surface area (Å²) in [7, 11) is 0. The average molecular weight is 270 g/mol. The minimum Gasteiger partial charge on any atom is -0.449 e. The van der Waals surface area contributed by atoms with E-state index in [1.165, 1.54) is 24.3 Å². The maximum Gasteiger partial charge on any atom is 0.293 e. The van der Waals surface area contributed by atoms with Crippen LogP contribution in [0.15, 0.2) is 52.9 Å². The van der Waals surface area contributed by atoms with Crippen LogP contribution in [0.5, 0.6) is 0 Å². The van der Waals surface area contributed by atoms with Crippen molar-refractivity contribution >= 4 is 28.3 Å². The van der Waals surface area contributed by atoms with Crippen LogP contribution in [0.2, 0.25) is 0 Å². The number of hydrogen-bond acceptors (Lipinski definition) is 3. The van der Waals surface area contributed by atoms with Crippen molar-refractivity contribution in [1.82, 2.24) is 0 Å². The molecule has 3 rings (SSSR count). The highest BCUT2D eigenvalue weighted by Crippen LogP contribution is 2.28. The van der Waals surface area contributed by atoms with Gasteiger partial charge in [0.2, 0.25) is 5.76 Å². The number of para-hydroxylation sites is 1. The summed E-state index contributed by atoms with van der Waals surface area (Å²) in [6.07, 6.45) is 0. The zero-order chi connectivity index (χ0) is 14.1. The van der Waals surface area contributed by atoms with Gasteiger partial charge < -0.3 is 15.5 Å². The van der Waals surface area contributed by atoms with Gasteiger partial charge in [-0.15, -0.1) is 0 Å². The van der Waals surface area contributed by atoms with Crippen molar-refractivity contribution in [3.63, 3.8) is 0 Å². The van der Waals surface area contributed by atoms with Gasteiger partial charge in [-0.2, -0.15) is 0 Å². The first-order valence-electron chi connectivity index (χ1n) is 5.99. The van der Waals surface area contributed by atoms with E-state index in [9.17, 15) is 9.18 Å². The average Bonchev–Trinajstić information content (AvgIpc) is 2.79. The van der Waals surface area contributed by atoms with Crippen LogP contribution in [0, 0.1) is 5.82 Å². The molecule has 0 atom stereocenters. The topological polar surface area (TPSA) is 68.3 Å². The first-order chi connectivity index (χ1) is 9.65. The minimum absolute atomic E-state index is 0.0514. The normalized spacial score (nSPS) is 10.7. The van der Waals surface area contributed by atoms with Crippen molar-refractivity contribution in [3.05, 3.63) is 60.1 Å². The molecule has 5 heteroatoms. The van der Waals surface area contributed by atoms with E-state index >= 15 is 0 Å². The van der Waals surface area contributed by atoms with Gasteiger partial charge in [0.1, 0.15) is 11.4 Å². The number of nitrogen functional groups attached to an aromatic ring is 1. The van der Waals surface area contributed by atoms with Crippen molar-refractivity contribution in [1.29, 1.82) is 0 Å². The van der Waals surface area contributed by atoms with Crippen molar-refractivity contribution in [2.75, 3.05) is 11.1 Å². The molecule has 3 aromatic rings. The summed E-state index contributed by atoms with van der Waals surface area (Å²) in [5.74, 6) is -0.785. The second-order valence-corrected chi connectivity index (χ2v) is 4.30. The Hall–Kier alpha value is -2.82. The quantitative estimate of drug-likeness (QED) is 0.749. The molecule has 0 aliphatic heterocycles. The lowest BCUT2D eigenvalue weighted by atomic mass is 10.2. The molecule has 2 aromatic carbocycles. The number of benzene rings is 2. The number of fused-ring (bicyclic) bond motifs is 1. The summed E-state index contributed by atoms with van der Waals surface area (Å²) >= 11 is 0. The highest BCUT2D eigenvalue weighted by Gasteiger charge is 2.18. The van der Waals surface area contributed by atoms with E-state index in [4.69, 9.17) is 10.2 Å². The standard InChI is InChI=1S/C15H11FN2O2/c16-9-5-7-10(8-6-9)18-15(19)14-13(17)11-3-1-2-4-12(11)20-14/h1-8H,17H2,(H,18,19). The summed E-state index contributed by atoms with van der Waals surface area (Å²) in [5.41, 5.74) is 7.21. The molecule has 0 aliphatic carbocycles. The fourth-order valence-electron chi connectivity index (χ4n) is 1.96. The number of furan rings is 1. The van der Waals surface area contributed by atoms with Crippen LogP contribution in [-0.2, 0) is 0 Å². The van der Waals surface area contributed by atoms with Gasteiger partial charge in [-0.1, -0.05) is 12.1 Å². The molecular formula is C15H11FN2O2. The van der Waals surface area contributed by atoms with E-state index < -0.39 is 5.91 Å². The van der Waals surface area contributed by atoms with Crippen LogP contribution in [-0.4, -0.2) is 5.91 Å². The van der Waals surface area contributed by atoms with Gasteiger partial charge in [-0.25, -0.2) is 4.39 Å². The molecule has 3 N–H and O–H groups in total. The number of hydrogen-bond donors (Lipinski definition) is 2. The number of anilines is 2. The highest BCUT2D eigenvalue weighted by molar-refractivity contribution is 6.10. The molecule has 1 aromatic heterocycles. The first-order valence-corrected chi connectivity index (χ1v) is 5.99. The van der Waals surface area contributed by atoms with Crippen LogP contribution in [0.3, 0.4) is 0 Å². The lowest BCUT2D eigenvalue weighted by molar-refractivity contribution is 0.1000. The number of rotatable bonds is 2. The van der Waals surface area contributed by atoms with Crippen LogP contribution in [0.4, 0.5) is 15.8 Å². The SMILES string of the molecule is Nc1c(C(=O)Nc2ccc(F)cc2)oc2ccccc12. The smallest absolute Gasteiger partial charge is 0.293 e. The largest absolute Gasteiger partial charge is 0.449 e. The molecule has 0 aliphatic rings. The molecule has 0 saturated carbocycles. The highest BCUT2D eigenvalue weighted by atomic mass is 19.1. The number of halogens is 1. The molecule has 1 amide bonds. The molecule has 4 nitrogen and oxygen atoms in total. The van der Waals surface area contributed by atoms with Crippen LogP contribution < -0.4 is 11.1 Å². The van der Waals surface area contributed by atoms with Gasteiger partial charge >= 0.3 is 0 Å². The summed E-state index contributed by atoms with van der Waals surface area (Å²) in [6, 6.07) is 12.6. The first kappa shape index (κ1) is 12.2. The second kappa shape index (κ2) is 4.70. The van der Waals surface area contributed by atoms with Crippen molar-refractivity contribution < 1.29 is 13.6 Å². The zero-order valence-corrected chi connectivity index (χ0v) is 10.4. The van der Waals surface area contributed by atoms with Gasteiger partial charge in [0.15, 0.2) is 0 Å². The van der Waals surface area contributed by atoms with E-state index in [0.717, 1.165) is 0 Å². The van der Waals surface area contributed by atoms with Crippen LogP contribution in [0.25, 0.3) is 11.0 Å². The van der Waals surface area contributed by atoms with Crippen molar-refractivity contribution in [2.45, 2.75) is 0 Å². The molecule has 100 valence electrons. The molecule has 20 heavy (non-hydrogen) atoms. The maximum absolute atomic E-state index is 12.8. The summed E-state index contributed by atoms with van der Waals surface area (Å²) in [6.45, 7) is 0. The summed E-state index contributed by atoms with van der Waals surface area (Å²) in [5, 5.41) is 3.30. The predicted octanol–water partition coefficient (Wildman–Crippen LogP) is 3.41. The Morgan fingerprint density at radius 3 is 2.50 bits per heavy atom. The third kappa shape index (κ3) is 2.09.